The number of benzene rings is 2. The molecule has 8 nitrogen and oxygen atoms in total. The molecular weight excluding hydrogens is 405 g/mol. The number of hydrogen-bond donors (Lipinski definition) is 1. The average molecular weight is 422 g/mol. The molecule has 28 heavy (non-hydrogen) atoms. The zero-order chi connectivity index (χ0) is 19.8. The number of halogens is 2. The fourth-order valence-corrected chi connectivity index (χ4v) is 3.94. The summed E-state index contributed by atoms with van der Waals surface area (Å²) in [4.78, 5) is 13.5. The Kier molecular flexibility index (Phi) is 4.99. The highest BCUT2D eigenvalue weighted by Gasteiger charge is 2.29. The lowest BCUT2D eigenvalue weighted by molar-refractivity contribution is -0.382. The van der Waals surface area contributed by atoms with Crippen LogP contribution in [0, 0.1) is 16.0 Å². The van der Waals surface area contributed by atoms with Gasteiger partial charge >= 0.3 is 5.69 Å². The third-order valence-corrected chi connectivity index (χ3v) is 5.71. The molecule has 1 aliphatic rings. The van der Waals surface area contributed by atoms with Gasteiger partial charge in [-0.25, -0.2) is 4.63 Å². The van der Waals surface area contributed by atoms with Gasteiger partial charge in [-0.15, -0.1) is 0 Å². The SMILES string of the molecule is C[C@H]1CCCN(c2cc(Nc3cccc(Cl)c3Cl)c([N+](=O)[O-])c3nonc23)C1. The van der Waals surface area contributed by atoms with Crippen LogP contribution in [0.5, 0.6) is 0 Å². The number of fused-ring (bicyclic) bond motifs is 1. The van der Waals surface area contributed by atoms with Crippen molar-refractivity contribution in [1.82, 2.24) is 10.3 Å². The molecule has 0 radical (unpaired) electrons. The van der Waals surface area contributed by atoms with E-state index in [2.05, 4.69) is 27.5 Å². The van der Waals surface area contributed by atoms with Crippen molar-refractivity contribution >= 4 is 57.0 Å². The molecule has 0 saturated carbocycles. The first kappa shape index (κ1) is 18.8. The van der Waals surface area contributed by atoms with Gasteiger partial charge in [-0.05, 0) is 47.3 Å². The number of piperidine rings is 1. The number of hydrogen-bond acceptors (Lipinski definition) is 7. The van der Waals surface area contributed by atoms with Gasteiger partial charge in [0, 0.05) is 13.1 Å². The molecule has 0 bridgehead atoms. The lowest BCUT2D eigenvalue weighted by Crippen LogP contribution is -2.34. The van der Waals surface area contributed by atoms with Crippen LogP contribution in [0.1, 0.15) is 19.8 Å². The molecule has 2 heterocycles. The minimum Gasteiger partial charge on any atom is -0.369 e. The molecular formula is C18H17Cl2N5O3. The van der Waals surface area contributed by atoms with Gasteiger partial charge in [0.2, 0.25) is 5.52 Å². The fourth-order valence-electron chi connectivity index (χ4n) is 3.59. The maximum Gasteiger partial charge on any atom is 0.324 e. The molecule has 1 aliphatic heterocycles. The first-order valence-corrected chi connectivity index (χ1v) is 9.61. The van der Waals surface area contributed by atoms with Crippen LogP contribution in [0.25, 0.3) is 11.0 Å². The number of nitrogens with one attached hydrogen (secondary N) is 1. The van der Waals surface area contributed by atoms with Crippen LogP contribution < -0.4 is 10.2 Å². The summed E-state index contributed by atoms with van der Waals surface area (Å²) < 4.78 is 4.86. The Morgan fingerprint density at radius 1 is 1.29 bits per heavy atom. The first-order valence-electron chi connectivity index (χ1n) is 8.85. The molecule has 0 aliphatic carbocycles. The predicted octanol–water partition coefficient (Wildman–Crippen LogP) is 5.42. The van der Waals surface area contributed by atoms with E-state index in [-0.39, 0.29) is 21.9 Å². The standard InChI is InChI=1S/C18H17Cl2N5O3/c1-10-4-3-7-24(9-10)14-8-13(21-12-6-2-5-11(19)15(12)20)18(25(26)27)17-16(14)22-28-23-17/h2,5-6,8,10,21H,3-4,7,9H2,1H3/t10-/m0/s1. The topological polar surface area (TPSA) is 97.3 Å². The number of rotatable bonds is 4. The molecule has 3 aromatic rings. The zero-order valence-electron chi connectivity index (χ0n) is 15.0. The van der Waals surface area contributed by atoms with E-state index in [1.165, 1.54) is 0 Å². The quantitative estimate of drug-likeness (QED) is 0.443. The summed E-state index contributed by atoms with van der Waals surface area (Å²) >= 11 is 12.3. The Bertz CT molecular complexity index is 1060. The highest BCUT2D eigenvalue weighted by Crippen LogP contribution is 2.42. The van der Waals surface area contributed by atoms with E-state index in [9.17, 15) is 10.1 Å². The monoisotopic (exact) mass is 421 g/mol. The third-order valence-electron chi connectivity index (χ3n) is 4.89. The minimum atomic E-state index is -0.504. The molecule has 1 saturated heterocycles. The smallest absolute Gasteiger partial charge is 0.324 e. The van der Waals surface area contributed by atoms with Crippen LogP contribution in [0.15, 0.2) is 28.9 Å². The maximum atomic E-state index is 11.8. The van der Waals surface area contributed by atoms with Gasteiger partial charge in [-0.2, -0.15) is 0 Å². The predicted molar refractivity (Wildman–Crippen MR) is 109 cm³/mol. The van der Waals surface area contributed by atoms with E-state index >= 15 is 0 Å². The second-order valence-corrected chi connectivity index (χ2v) is 7.72. The van der Waals surface area contributed by atoms with E-state index in [0.717, 1.165) is 31.6 Å². The van der Waals surface area contributed by atoms with Crippen molar-refractivity contribution in [2.45, 2.75) is 19.8 Å². The van der Waals surface area contributed by atoms with Gasteiger partial charge < -0.3 is 10.2 Å². The first-order chi connectivity index (χ1) is 13.5. The molecule has 146 valence electrons. The molecule has 0 amide bonds. The van der Waals surface area contributed by atoms with E-state index < -0.39 is 4.92 Å². The summed E-state index contributed by atoms with van der Waals surface area (Å²) in [5, 5.41) is 23.2. The van der Waals surface area contributed by atoms with Gasteiger partial charge in [0.05, 0.1) is 26.3 Å². The van der Waals surface area contributed by atoms with Crippen molar-refractivity contribution in [3.8, 4) is 0 Å². The van der Waals surface area contributed by atoms with Crippen LogP contribution in [-0.4, -0.2) is 28.3 Å². The molecule has 1 fully saturated rings. The fraction of sp³-hybridized carbons (Fsp3) is 0.333. The second kappa shape index (κ2) is 7.44. The molecule has 0 spiro atoms. The van der Waals surface area contributed by atoms with Crippen LogP contribution in [-0.2, 0) is 0 Å². The van der Waals surface area contributed by atoms with Crippen molar-refractivity contribution in [3.63, 3.8) is 0 Å². The normalized spacial score (nSPS) is 17.1. The summed E-state index contributed by atoms with van der Waals surface area (Å²) in [6.45, 7) is 3.85. The van der Waals surface area contributed by atoms with Crippen molar-refractivity contribution in [3.05, 3.63) is 44.4 Å². The molecule has 0 unspecified atom stereocenters. The van der Waals surface area contributed by atoms with Crippen molar-refractivity contribution in [1.29, 1.82) is 0 Å². The number of anilines is 3. The second-order valence-electron chi connectivity index (χ2n) is 6.93. The average Bonchev–Trinajstić information content (AvgIpc) is 3.13. The highest BCUT2D eigenvalue weighted by atomic mass is 35.5. The molecule has 4 rings (SSSR count). The number of aromatic nitrogens is 2. The summed E-state index contributed by atoms with van der Waals surface area (Å²) in [6.07, 6.45) is 2.18. The summed E-state index contributed by atoms with van der Waals surface area (Å²) in [5.74, 6) is 0.512. The largest absolute Gasteiger partial charge is 0.369 e. The van der Waals surface area contributed by atoms with Gasteiger partial charge in [-0.3, -0.25) is 10.1 Å². The Morgan fingerprint density at radius 2 is 2.07 bits per heavy atom. The van der Waals surface area contributed by atoms with Gasteiger partial charge in [-0.1, -0.05) is 36.2 Å². The molecule has 1 N–H and O–H groups in total. The van der Waals surface area contributed by atoms with Crippen molar-refractivity contribution in [2.24, 2.45) is 5.92 Å². The van der Waals surface area contributed by atoms with Crippen LogP contribution in [0.2, 0.25) is 10.0 Å². The Morgan fingerprint density at radius 3 is 2.82 bits per heavy atom. The lowest BCUT2D eigenvalue weighted by atomic mass is 9.99. The van der Waals surface area contributed by atoms with Gasteiger partial charge in [0.1, 0.15) is 5.69 Å². The molecule has 2 aromatic carbocycles. The number of nitro groups is 1. The zero-order valence-corrected chi connectivity index (χ0v) is 16.5. The summed E-state index contributed by atoms with van der Waals surface area (Å²) in [7, 11) is 0. The Balaban J connectivity index is 1.87. The summed E-state index contributed by atoms with van der Waals surface area (Å²) in [5.41, 5.74) is 1.72. The van der Waals surface area contributed by atoms with Crippen molar-refractivity contribution in [2.75, 3.05) is 23.3 Å². The van der Waals surface area contributed by atoms with E-state index in [1.807, 2.05) is 0 Å². The van der Waals surface area contributed by atoms with Crippen molar-refractivity contribution < 1.29 is 9.55 Å². The van der Waals surface area contributed by atoms with E-state index in [4.69, 9.17) is 27.8 Å². The summed E-state index contributed by atoms with van der Waals surface area (Å²) in [6, 6.07) is 6.77. The van der Waals surface area contributed by atoms with Crippen LogP contribution in [0.3, 0.4) is 0 Å². The van der Waals surface area contributed by atoms with Crippen LogP contribution >= 0.6 is 23.2 Å². The minimum absolute atomic E-state index is 0.0985. The van der Waals surface area contributed by atoms with Crippen LogP contribution in [0.4, 0.5) is 22.7 Å². The highest BCUT2D eigenvalue weighted by molar-refractivity contribution is 6.43. The third kappa shape index (κ3) is 3.33. The Hall–Kier alpha value is -2.58. The molecule has 1 aromatic heterocycles. The lowest BCUT2D eigenvalue weighted by Gasteiger charge is -2.32. The molecule has 10 heteroatoms. The van der Waals surface area contributed by atoms with Gasteiger partial charge in [0.15, 0.2) is 5.52 Å². The Labute approximate surface area is 170 Å². The number of nitro benzene ring substituents is 1. The van der Waals surface area contributed by atoms with E-state index in [0.29, 0.717) is 22.1 Å². The van der Waals surface area contributed by atoms with Gasteiger partial charge in [0.25, 0.3) is 0 Å². The van der Waals surface area contributed by atoms with E-state index in [1.54, 1.807) is 24.3 Å². The number of nitrogens with zero attached hydrogens (tertiary/aromatic N) is 4. The molecule has 1 atom stereocenters. The maximum absolute atomic E-state index is 11.8.